The van der Waals surface area contributed by atoms with Gasteiger partial charge in [0.05, 0.1) is 4.88 Å². The van der Waals surface area contributed by atoms with Crippen LogP contribution in [0.1, 0.15) is 16.6 Å². The normalized spacial score (nSPS) is 10.6. The van der Waals surface area contributed by atoms with Gasteiger partial charge >= 0.3 is 5.97 Å². The topological polar surface area (TPSA) is 57.6 Å². The summed E-state index contributed by atoms with van der Waals surface area (Å²) in [7, 11) is 0. The van der Waals surface area contributed by atoms with Crippen LogP contribution in [0.15, 0.2) is 24.3 Å². The fourth-order valence-electron chi connectivity index (χ4n) is 1.78. The molecule has 0 unspecified atom stereocenters. The zero-order valence-corrected chi connectivity index (χ0v) is 11.0. The minimum Gasteiger partial charge on any atom is -0.480 e. The Balaban J connectivity index is 2.35. The molecule has 1 aromatic heterocycles. The van der Waals surface area contributed by atoms with E-state index in [2.05, 4.69) is 0 Å². The number of carbonyl (C=O) groups is 2. The lowest BCUT2D eigenvalue weighted by Crippen LogP contribution is -2.34. The van der Waals surface area contributed by atoms with Crippen LogP contribution in [0, 0.1) is 5.82 Å². The summed E-state index contributed by atoms with van der Waals surface area (Å²) in [4.78, 5) is 24.4. The molecule has 0 saturated carbocycles. The van der Waals surface area contributed by atoms with Crippen molar-refractivity contribution >= 4 is 33.3 Å². The number of carboxylic acids is 1. The van der Waals surface area contributed by atoms with E-state index in [1.54, 1.807) is 19.1 Å². The number of rotatable bonds is 4. The van der Waals surface area contributed by atoms with Gasteiger partial charge in [-0.2, -0.15) is 0 Å². The molecule has 0 atom stereocenters. The Morgan fingerprint density at radius 1 is 1.42 bits per heavy atom. The Morgan fingerprint density at radius 2 is 2.16 bits per heavy atom. The highest BCUT2D eigenvalue weighted by atomic mass is 32.1. The lowest BCUT2D eigenvalue weighted by atomic mass is 10.2. The van der Waals surface area contributed by atoms with Crippen molar-refractivity contribution in [3.8, 4) is 0 Å². The van der Waals surface area contributed by atoms with Crippen LogP contribution < -0.4 is 0 Å². The molecule has 0 aliphatic carbocycles. The molecule has 100 valence electrons. The van der Waals surface area contributed by atoms with Crippen molar-refractivity contribution in [1.29, 1.82) is 0 Å². The first-order valence-corrected chi connectivity index (χ1v) is 6.53. The fourth-order valence-corrected chi connectivity index (χ4v) is 2.82. The van der Waals surface area contributed by atoms with Gasteiger partial charge in [-0.3, -0.25) is 9.59 Å². The molecule has 1 amide bonds. The van der Waals surface area contributed by atoms with Gasteiger partial charge in [0, 0.05) is 16.6 Å². The molecule has 0 radical (unpaired) electrons. The van der Waals surface area contributed by atoms with Crippen LogP contribution in [0.2, 0.25) is 0 Å². The van der Waals surface area contributed by atoms with Crippen LogP contribution >= 0.6 is 11.3 Å². The second kappa shape index (κ2) is 5.36. The number of thiophene rings is 1. The molecule has 0 fully saturated rings. The van der Waals surface area contributed by atoms with Gasteiger partial charge in [-0.25, -0.2) is 4.39 Å². The first-order valence-electron chi connectivity index (χ1n) is 5.72. The van der Waals surface area contributed by atoms with E-state index in [-0.39, 0.29) is 18.3 Å². The van der Waals surface area contributed by atoms with Gasteiger partial charge in [-0.1, -0.05) is 6.07 Å². The molecule has 0 bridgehead atoms. The van der Waals surface area contributed by atoms with Crippen molar-refractivity contribution in [3.63, 3.8) is 0 Å². The number of likely N-dealkylation sites (N-methyl/N-ethyl adjacent to an activating group) is 1. The maximum atomic E-state index is 13.5. The molecular weight excluding hydrogens is 269 g/mol. The minimum absolute atomic E-state index is 0.294. The molecule has 19 heavy (non-hydrogen) atoms. The third-order valence-corrected chi connectivity index (χ3v) is 3.80. The Labute approximate surface area is 113 Å². The summed E-state index contributed by atoms with van der Waals surface area (Å²) >= 11 is 1.17. The SMILES string of the molecule is CCN(CC(=O)O)C(=O)c1cc2c(F)cccc2s1. The van der Waals surface area contributed by atoms with E-state index in [0.717, 1.165) is 0 Å². The second-order valence-electron chi connectivity index (χ2n) is 3.98. The average molecular weight is 281 g/mol. The third kappa shape index (κ3) is 2.73. The van der Waals surface area contributed by atoms with Crippen LogP contribution in [0.25, 0.3) is 10.1 Å². The summed E-state index contributed by atoms with van der Waals surface area (Å²) in [5.74, 6) is -1.83. The number of nitrogens with zero attached hydrogens (tertiary/aromatic N) is 1. The number of benzene rings is 1. The number of carbonyl (C=O) groups excluding carboxylic acids is 1. The Bertz CT molecular complexity index is 638. The van der Waals surface area contributed by atoms with E-state index >= 15 is 0 Å². The molecule has 0 saturated heterocycles. The molecular formula is C13H12FNO3S. The standard InChI is InChI=1S/C13H12FNO3S/c1-2-15(7-12(16)17)13(18)11-6-8-9(14)4-3-5-10(8)19-11/h3-6H,2,7H2,1H3,(H,16,17). The largest absolute Gasteiger partial charge is 0.480 e. The summed E-state index contributed by atoms with van der Waals surface area (Å²) in [5.41, 5.74) is 0. The Morgan fingerprint density at radius 3 is 2.74 bits per heavy atom. The maximum Gasteiger partial charge on any atom is 0.323 e. The van der Waals surface area contributed by atoms with Crippen LogP contribution in [-0.4, -0.2) is 35.0 Å². The number of hydrogen-bond donors (Lipinski definition) is 1. The molecule has 0 aliphatic rings. The lowest BCUT2D eigenvalue weighted by Gasteiger charge is -2.17. The van der Waals surface area contributed by atoms with Gasteiger partial charge in [-0.05, 0) is 25.1 Å². The van der Waals surface area contributed by atoms with Gasteiger partial charge in [0.25, 0.3) is 5.91 Å². The quantitative estimate of drug-likeness (QED) is 0.937. The van der Waals surface area contributed by atoms with Gasteiger partial charge in [0.1, 0.15) is 12.4 Å². The van der Waals surface area contributed by atoms with Crippen molar-refractivity contribution in [3.05, 3.63) is 35.0 Å². The molecule has 0 aliphatic heterocycles. The van der Waals surface area contributed by atoms with E-state index in [0.29, 0.717) is 21.5 Å². The predicted molar refractivity (Wildman–Crippen MR) is 71.0 cm³/mol. The van der Waals surface area contributed by atoms with E-state index in [1.807, 2.05) is 0 Å². The zero-order chi connectivity index (χ0) is 14.0. The molecule has 2 rings (SSSR count). The van der Waals surface area contributed by atoms with Crippen molar-refractivity contribution in [2.45, 2.75) is 6.92 Å². The van der Waals surface area contributed by atoms with Crippen LogP contribution in [-0.2, 0) is 4.79 Å². The number of halogens is 1. The fraction of sp³-hybridized carbons (Fsp3) is 0.231. The predicted octanol–water partition coefficient (Wildman–Crippen LogP) is 2.59. The number of fused-ring (bicyclic) bond motifs is 1. The number of hydrogen-bond acceptors (Lipinski definition) is 3. The maximum absolute atomic E-state index is 13.5. The summed E-state index contributed by atoms with van der Waals surface area (Å²) < 4.78 is 14.2. The minimum atomic E-state index is -1.07. The molecule has 4 nitrogen and oxygen atoms in total. The van der Waals surface area contributed by atoms with Gasteiger partial charge < -0.3 is 10.0 Å². The van der Waals surface area contributed by atoms with E-state index in [1.165, 1.54) is 28.4 Å². The molecule has 1 N–H and O–H groups in total. The first kappa shape index (κ1) is 13.5. The molecule has 2 aromatic rings. The highest BCUT2D eigenvalue weighted by molar-refractivity contribution is 7.20. The average Bonchev–Trinajstić information content (AvgIpc) is 2.80. The monoisotopic (exact) mass is 281 g/mol. The van der Waals surface area contributed by atoms with Gasteiger partial charge in [-0.15, -0.1) is 11.3 Å². The number of carboxylic acid groups (broad SMARTS) is 1. The van der Waals surface area contributed by atoms with Crippen molar-refractivity contribution in [2.75, 3.05) is 13.1 Å². The summed E-state index contributed by atoms with van der Waals surface area (Å²) in [6.07, 6.45) is 0. The lowest BCUT2D eigenvalue weighted by molar-refractivity contribution is -0.137. The van der Waals surface area contributed by atoms with E-state index in [4.69, 9.17) is 5.11 Å². The number of aliphatic carboxylic acids is 1. The zero-order valence-electron chi connectivity index (χ0n) is 10.2. The van der Waals surface area contributed by atoms with E-state index < -0.39 is 5.97 Å². The summed E-state index contributed by atoms with van der Waals surface area (Å²) in [5, 5.41) is 9.14. The third-order valence-electron chi connectivity index (χ3n) is 2.71. The van der Waals surface area contributed by atoms with E-state index in [9.17, 15) is 14.0 Å². The second-order valence-corrected chi connectivity index (χ2v) is 5.06. The molecule has 0 spiro atoms. The Kier molecular flexibility index (Phi) is 3.80. The highest BCUT2D eigenvalue weighted by Gasteiger charge is 2.19. The first-order chi connectivity index (χ1) is 9.02. The number of amides is 1. The Hall–Kier alpha value is -1.95. The van der Waals surface area contributed by atoms with Crippen LogP contribution in [0.4, 0.5) is 4.39 Å². The van der Waals surface area contributed by atoms with Crippen LogP contribution in [0.5, 0.6) is 0 Å². The van der Waals surface area contributed by atoms with Crippen molar-refractivity contribution in [2.24, 2.45) is 0 Å². The summed E-state index contributed by atoms with van der Waals surface area (Å²) in [6, 6.07) is 6.12. The van der Waals surface area contributed by atoms with Crippen molar-refractivity contribution < 1.29 is 19.1 Å². The molecule has 6 heteroatoms. The molecule has 1 aromatic carbocycles. The van der Waals surface area contributed by atoms with Gasteiger partial charge in [0.15, 0.2) is 0 Å². The summed E-state index contributed by atoms with van der Waals surface area (Å²) in [6.45, 7) is 1.64. The van der Waals surface area contributed by atoms with Crippen molar-refractivity contribution in [1.82, 2.24) is 4.90 Å². The highest BCUT2D eigenvalue weighted by Crippen LogP contribution is 2.28. The smallest absolute Gasteiger partial charge is 0.323 e. The van der Waals surface area contributed by atoms with Gasteiger partial charge in [0.2, 0.25) is 0 Å². The van der Waals surface area contributed by atoms with Crippen LogP contribution in [0.3, 0.4) is 0 Å². The molecule has 1 heterocycles.